The number of hydrogen-bond acceptors (Lipinski definition) is 2. The summed E-state index contributed by atoms with van der Waals surface area (Å²) in [5.41, 5.74) is 1.26. The summed E-state index contributed by atoms with van der Waals surface area (Å²) in [4.78, 5) is 2.46. The van der Waals surface area contributed by atoms with Crippen LogP contribution in [0.1, 0.15) is 33.3 Å². The predicted octanol–water partition coefficient (Wildman–Crippen LogP) is 3.26. The van der Waals surface area contributed by atoms with Gasteiger partial charge in [-0.3, -0.25) is 4.90 Å². The van der Waals surface area contributed by atoms with Gasteiger partial charge in [-0.05, 0) is 37.5 Å². The number of hydrogen-bond donors (Lipinski definition) is 1. The fourth-order valence-corrected chi connectivity index (χ4v) is 1.76. The first-order chi connectivity index (χ1) is 7.49. The van der Waals surface area contributed by atoms with Crippen molar-refractivity contribution < 1.29 is 5.11 Å². The molecule has 2 nitrogen and oxygen atoms in total. The highest BCUT2D eigenvalue weighted by Gasteiger charge is 2.11. The third-order valence-electron chi connectivity index (χ3n) is 2.65. The van der Waals surface area contributed by atoms with Gasteiger partial charge in [0.1, 0.15) is 5.75 Å². The molecule has 1 N–H and O–H groups in total. The first kappa shape index (κ1) is 13.0. The number of rotatable bonds is 5. The standard InChI is InChI=1S/C14H23NO/c1-11(2)9-15(12(3)4)10-13-5-7-14(16)8-6-13/h5-8,11-12,16H,9-10H2,1-4H3. The third-order valence-corrected chi connectivity index (χ3v) is 2.65. The molecule has 0 bridgehead atoms. The summed E-state index contributed by atoms with van der Waals surface area (Å²) in [7, 11) is 0. The summed E-state index contributed by atoms with van der Waals surface area (Å²) < 4.78 is 0. The molecule has 0 aliphatic rings. The highest BCUT2D eigenvalue weighted by atomic mass is 16.3. The molecule has 0 unspecified atom stereocenters. The molecule has 0 atom stereocenters. The van der Waals surface area contributed by atoms with Crippen molar-refractivity contribution in [2.45, 2.75) is 40.3 Å². The van der Waals surface area contributed by atoms with Crippen molar-refractivity contribution in [1.82, 2.24) is 4.90 Å². The minimum atomic E-state index is 0.337. The Kier molecular flexibility index (Phi) is 4.81. The number of phenols is 1. The van der Waals surface area contributed by atoms with E-state index in [0.717, 1.165) is 13.1 Å². The van der Waals surface area contributed by atoms with Gasteiger partial charge in [0.25, 0.3) is 0 Å². The minimum absolute atomic E-state index is 0.337. The largest absolute Gasteiger partial charge is 0.508 e. The normalized spacial score (nSPS) is 11.7. The van der Waals surface area contributed by atoms with E-state index in [1.807, 2.05) is 12.1 Å². The fraction of sp³-hybridized carbons (Fsp3) is 0.571. The van der Waals surface area contributed by atoms with Crippen LogP contribution < -0.4 is 0 Å². The number of aromatic hydroxyl groups is 1. The Labute approximate surface area is 98.9 Å². The maximum atomic E-state index is 9.23. The molecule has 16 heavy (non-hydrogen) atoms. The van der Waals surface area contributed by atoms with Crippen molar-refractivity contribution in [2.75, 3.05) is 6.54 Å². The third kappa shape index (κ3) is 4.23. The number of benzene rings is 1. The molecule has 0 heterocycles. The quantitative estimate of drug-likeness (QED) is 0.825. The molecular weight excluding hydrogens is 198 g/mol. The highest BCUT2D eigenvalue weighted by molar-refractivity contribution is 5.25. The van der Waals surface area contributed by atoms with Crippen LogP contribution in [0.5, 0.6) is 5.75 Å². The highest BCUT2D eigenvalue weighted by Crippen LogP contribution is 2.14. The molecular formula is C14H23NO. The molecule has 0 spiro atoms. The van der Waals surface area contributed by atoms with E-state index in [1.54, 1.807) is 12.1 Å². The SMILES string of the molecule is CC(C)CN(Cc1ccc(O)cc1)C(C)C. The Morgan fingerprint density at radius 2 is 1.62 bits per heavy atom. The zero-order chi connectivity index (χ0) is 12.1. The van der Waals surface area contributed by atoms with Crippen LogP contribution in [0.3, 0.4) is 0 Å². The van der Waals surface area contributed by atoms with E-state index in [1.165, 1.54) is 5.56 Å². The summed E-state index contributed by atoms with van der Waals surface area (Å²) in [6.07, 6.45) is 0. The van der Waals surface area contributed by atoms with Crippen molar-refractivity contribution in [2.24, 2.45) is 5.92 Å². The summed E-state index contributed by atoms with van der Waals surface area (Å²) in [5.74, 6) is 1.02. The van der Waals surface area contributed by atoms with Gasteiger partial charge in [0.15, 0.2) is 0 Å². The smallest absolute Gasteiger partial charge is 0.115 e. The van der Waals surface area contributed by atoms with Crippen molar-refractivity contribution >= 4 is 0 Å². The Bertz CT molecular complexity index is 303. The van der Waals surface area contributed by atoms with Crippen LogP contribution in [0.4, 0.5) is 0 Å². The van der Waals surface area contributed by atoms with Gasteiger partial charge in [0.05, 0.1) is 0 Å². The number of phenolic OH excluding ortho intramolecular Hbond substituents is 1. The minimum Gasteiger partial charge on any atom is -0.508 e. The Morgan fingerprint density at radius 1 is 1.06 bits per heavy atom. The van der Waals surface area contributed by atoms with Crippen LogP contribution in [-0.2, 0) is 6.54 Å². The molecule has 0 saturated carbocycles. The van der Waals surface area contributed by atoms with Crippen LogP contribution in [0.15, 0.2) is 24.3 Å². The Morgan fingerprint density at radius 3 is 2.06 bits per heavy atom. The lowest BCUT2D eigenvalue weighted by atomic mass is 10.1. The Balaban J connectivity index is 2.64. The lowest BCUT2D eigenvalue weighted by Crippen LogP contribution is -2.33. The van der Waals surface area contributed by atoms with E-state index in [-0.39, 0.29) is 0 Å². The molecule has 0 aliphatic carbocycles. The molecule has 0 saturated heterocycles. The topological polar surface area (TPSA) is 23.5 Å². The van der Waals surface area contributed by atoms with Crippen LogP contribution in [0, 0.1) is 5.92 Å². The second kappa shape index (κ2) is 5.90. The van der Waals surface area contributed by atoms with Gasteiger partial charge >= 0.3 is 0 Å². The molecule has 0 radical (unpaired) electrons. The fourth-order valence-electron chi connectivity index (χ4n) is 1.76. The van der Waals surface area contributed by atoms with E-state index < -0.39 is 0 Å². The molecule has 1 rings (SSSR count). The molecule has 90 valence electrons. The average molecular weight is 221 g/mol. The Hall–Kier alpha value is -1.02. The predicted molar refractivity (Wildman–Crippen MR) is 68.5 cm³/mol. The van der Waals surface area contributed by atoms with E-state index in [0.29, 0.717) is 17.7 Å². The molecule has 0 amide bonds. The van der Waals surface area contributed by atoms with Crippen molar-refractivity contribution in [3.63, 3.8) is 0 Å². The molecule has 1 aromatic carbocycles. The number of nitrogens with zero attached hydrogens (tertiary/aromatic N) is 1. The molecule has 0 aromatic heterocycles. The van der Waals surface area contributed by atoms with Crippen LogP contribution in [0.25, 0.3) is 0 Å². The van der Waals surface area contributed by atoms with Gasteiger partial charge < -0.3 is 5.11 Å². The first-order valence-electron chi connectivity index (χ1n) is 6.01. The van der Waals surface area contributed by atoms with Gasteiger partial charge in [0, 0.05) is 19.1 Å². The van der Waals surface area contributed by atoms with Crippen LogP contribution in [-0.4, -0.2) is 22.6 Å². The van der Waals surface area contributed by atoms with Crippen LogP contribution in [0.2, 0.25) is 0 Å². The van der Waals surface area contributed by atoms with Gasteiger partial charge in [-0.25, -0.2) is 0 Å². The molecule has 2 heteroatoms. The zero-order valence-electron chi connectivity index (χ0n) is 10.8. The van der Waals surface area contributed by atoms with E-state index in [2.05, 4.69) is 32.6 Å². The zero-order valence-corrected chi connectivity index (χ0v) is 10.8. The summed E-state index contributed by atoms with van der Waals surface area (Å²) >= 11 is 0. The summed E-state index contributed by atoms with van der Waals surface area (Å²) in [6.45, 7) is 11.0. The monoisotopic (exact) mass is 221 g/mol. The van der Waals surface area contributed by atoms with E-state index in [9.17, 15) is 5.11 Å². The van der Waals surface area contributed by atoms with Gasteiger partial charge in [-0.1, -0.05) is 26.0 Å². The lowest BCUT2D eigenvalue weighted by Gasteiger charge is -2.28. The van der Waals surface area contributed by atoms with Crippen LogP contribution >= 0.6 is 0 Å². The first-order valence-corrected chi connectivity index (χ1v) is 6.01. The van der Waals surface area contributed by atoms with E-state index in [4.69, 9.17) is 0 Å². The lowest BCUT2D eigenvalue weighted by molar-refractivity contribution is 0.189. The summed E-state index contributed by atoms with van der Waals surface area (Å²) in [6, 6.07) is 8.04. The van der Waals surface area contributed by atoms with E-state index >= 15 is 0 Å². The molecule has 0 fully saturated rings. The maximum Gasteiger partial charge on any atom is 0.115 e. The molecule has 0 aliphatic heterocycles. The maximum absolute atomic E-state index is 9.23. The van der Waals surface area contributed by atoms with Gasteiger partial charge in [0.2, 0.25) is 0 Å². The van der Waals surface area contributed by atoms with Crippen molar-refractivity contribution in [3.8, 4) is 5.75 Å². The average Bonchev–Trinajstić information content (AvgIpc) is 2.19. The summed E-state index contributed by atoms with van der Waals surface area (Å²) in [5, 5.41) is 9.23. The van der Waals surface area contributed by atoms with Gasteiger partial charge in [-0.15, -0.1) is 0 Å². The van der Waals surface area contributed by atoms with Crippen molar-refractivity contribution in [1.29, 1.82) is 0 Å². The van der Waals surface area contributed by atoms with Gasteiger partial charge in [-0.2, -0.15) is 0 Å². The second-order valence-electron chi connectivity index (χ2n) is 5.08. The molecule has 1 aromatic rings. The second-order valence-corrected chi connectivity index (χ2v) is 5.08. The van der Waals surface area contributed by atoms with Crippen molar-refractivity contribution in [3.05, 3.63) is 29.8 Å².